The number of thioether (sulfide) groups is 1. The van der Waals surface area contributed by atoms with E-state index in [0.717, 1.165) is 36.0 Å². The van der Waals surface area contributed by atoms with E-state index in [0.29, 0.717) is 21.9 Å². The number of hydrogen-bond donors (Lipinski definition) is 1. The first kappa shape index (κ1) is 22.4. The minimum absolute atomic E-state index is 0.0841. The number of methoxy groups -OCH3 is 1. The molecule has 0 spiro atoms. The van der Waals surface area contributed by atoms with Crippen LogP contribution < -0.4 is 10.1 Å². The maximum atomic E-state index is 13.3. The molecule has 0 atom stereocenters. The molecule has 11 heteroatoms. The van der Waals surface area contributed by atoms with Crippen molar-refractivity contribution in [3.8, 4) is 5.75 Å². The van der Waals surface area contributed by atoms with Crippen molar-refractivity contribution in [3.05, 3.63) is 75.2 Å². The van der Waals surface area contributed by atoms with Gasteiger partial charge < -0.3 is 9.47 Å². The molecule has 0 saturated carbocycles. The van der Waals surface area contributed by atoms with Crippen molar-refractivity contribution in [1.82, 2.24) is 5.32 Å². The fourth-order valence-corrected chi connectivity index (χ4v) is 3.31. The lowest BCUT2D eigenvalue weighted by molar-refractivity contribution is -0.135. The van der Waals surface area contributed by atoms with Gasteiger partial charge in [0.05, 0.1) is 18.2 Å². The summed E-state index contributed by atoms with van der Waals surface area (Å²) in [4.78, 5) is 23.2. The van der Waals surface area contributed by atoms with Gasteiger partial charge in [-0.1, -0.05) is 11.6 Å². The van der Waals surface area contributed by atoms with Crippen LogP contribution in [-0.2, 0) is 20.9 Å². The second-order valence-electron chi connectivity index (χ2n) is 5.99. The lowest BCUT2D eigenvalue weighted by Crippen LogP contribution is -2.19. The Morgan fingerprint density at radius 3 is 2.68 bits per heavy atom. The molecule has 160 valence electrons. The Morgan fingerprint density at radius 1 is 1.23 bits per heavy atom. The van der Waals surface area contributed by atoms with Crippen molar-refractivity contribution in [2.45, 2.75) is 6.61 Å². The molecule has 1 amide bonds. The van der Waals surface area contributed by atoms with Crippen LogP contribution in [0.5, 0.6) is 5.75 Å². The first-order valence-corrected chi connectivity index (χ1v) is 9.80. The van der Waals surface area contributed by atoms with Crippen LogP contribution in [0, 0.1) is 11.6 Å². The van der Waals surface area contributed by atoms with E-state index in [-0.39, 0.29) is 16.7 Å². The van der Waals surface area contributed by atoms with Crippen LogP contribution in [0.25, 0.3) is 0 Å². The average Bonchev–Trinajstić information content (AvgIpc) is 3.05. The molecule has 2 aromatic rings. The van der Waals surface area contributed by atoms with E-state index in [1.807, 2.05) is 0 Å². The molecule has 31 heavy (non-hydrogen) atoms. The normalized spacial score (nSPS) is 16.2. The Morgan fingerprint density at radius 2 is 1.97 bits per heavy atom. The fraction of sp³-hybridized carbons (Fsp3) is 0.100. The molecule has 1 aliphatic rings. The van der Waals surface area contributed by atoms with Gasteiger partial charge in [0.2, 0.25) is 0 Å². The molecule has 1 saturated heterocycles. The smallest absolute Gasteiger partial charge is 0.331 e. The molecule has 0 bridgehead atoms. The molecular formula is C20H14ClF2N3O4S. The molecule has 1 N–H and O–H groups in total. The van der Waals surface area contributed by atoms with Gasteiger partial charge in [-0.05, 0) is 47.7 Å². The van der Waals surface area contributed by atoms with Crippen LogP contribution in [-0.4, -0.2) is 30.4 Å². The quantitative estimate of drug-likeness (QED) is 0.303. The molecular weight excluding hydrogens is 452 g/mol. The van der Waals surface area contributed by atoms with Gasteiger partial charge in [0.25, 0.3) is 5.91 Å². The summed E-state index contributed by atoms with van der Waals surface area (Å²) in [5.41, 5.74) is 0.763. The molecule has 1 heterocycles. The van der Waals surface area contributed by atoms with Crippen molar-refractivity contribution < 1.29 is 27.8 Å². The number of carbonyl (C=O) groups is 2. The highest BCUT2D eigenvalue weighted by Gasteiger charge is 2.25. The summed E-state index contributed by atoms with van der Waals surface area (Å²) in [5, 5.41) is 10.8. The number of rotatable bonds is 6. The number of amides is 1. The summed E-state index contributed by atoms with van der Waals surface area (Å²) < 4.78 is 36.8. The monoisotopic (exact) mass is 465 g/mol. The van der Waals surface area contributed by atoms with Gasteiger partial charge in [-0.2, -0.15) is 5.10 Å². The highest BCUT2D eigenvalue weighted by atomic mass is 35.5. The molecule has 3 rings (SSSR count). The lowest BCUT2D eigenvalue weighted by atomic mass is 10.2. The summed E-state index contributed by atoms with van der Waals surface area (Å²) in [5.74, 6) is -2.22. The fourth-order valence-electron chi connectivity index (χ4n) is 2.39. The van der Waals surface area contributed by atoms with Crippen molar-refractivity contribution in [2.24, 2.45) is 10.2 Å². The maximum absolute atomic E-state index is 13.3. The van der Waals surface area contributed by atoms with Gasteiger partial charge in [-0.15, -0.1) is 5.10 Å². The van der Waals surface area contributed by atoms with Crippen LogP contribution in [0.4, 0.5) is 8.78 Å². The third-order valence-corrected chi connectivity index (χ3v) is 4.87. The number of ether oxygens (including phenoxy) is 2. The summed E-state index contributed by atoms with van der Waals surface area (Å²) in [6.45, 7) is -0.0841. The number of esters is 1. The largest absolute Gasteiger partial charge is 0.488 e. The zero-order valence-corrected chi connectivity index (χ0v) is 17.5. The van der Waals surface area contributed by atoms with Crippen molar-refractivity contribution in [3.63, 3.8) is 0 Å². The minimum Gasteiger partial charge on any atom is -0.488 e. The maximum Gasteiger partial charge on any atom is 0.331 e. The highest BCUT2D eigenvalue weighted by molar-refractivity contribution is 8.18. The van der Waals surface area contributed by atoms with Crippen LogP contribution in [0.2, 0.25) is 5.02 Å². The highest BCUT2D eigenvalue weighted by Crippen LogP contribution is 2.25. The summed E-state index contributed by atoms with van der Waals surface area (Å²) in [6.07, 6.45) is 2.39. The number of benzene rings is 2. The Kier molecular flexibility index (Phi) is 7.37. The zero-order chi connectivity index (χ0) is 22.4. The van der Waals surface area contributed by atoms with Crippen molar-refractivity contribution in [1.29, 1.82) is 0 Å². The number of nitrogens with one attached hydrogen (secondary N) is 1. The van der Waals surface area contributed by atoms with E-state index in [1.54, 1.807) is 18.2 Å². The summed E-state index contributed by atoms with van der Waals surface area (Å²) >= 11 is 6.94. The van der Waals surface area contributed by atoms with Crippen LogP contribution in [0.3, 0.4) is 0 Å². The topological polar surface area (TPSA) is 89.3 Å². The summed E-state index contributed by atoms with van der Waals surface area (Å²) in [6, 6.07) is 7.83. The standard InChI is InChI=1S/C20H14ClF2N3O4S/c1-29-18(27)8-17-19(28)25-20(31-17)26-24-9-12-6-13(21)2-3-16(12)30-10-11-4-14(22)7-15(23)5-11/h2-9H,10H2,1H3,(H,25,26,28)/b17-8+,24-9?. The Hall–Kier alpha value is -3.24. The molecule has 0 aromatic heterocycles. The number of carbonyl (C=O) groups excluding carboxylic acids is 2. The number of hydrogen-bond acceptors (Lipinski definition) is 7. The van der Waals surface area contributed by atoms with Gasteiger partial charge in [-0.25, -0.2) is 13.6 Å². The molecule has 2 aromatic carbocycles. The number of nitrogens with zero attached hydrogens (tertiary/aromatic N) is 2. The average molecular weight is 466 g/mol. The van der Waals surface area contributed by atoms with Gasteiger partial charge in [0, 0.05) is 22.7 Å². The SMILES string of the molecule is COC(=O)/C=C1/S/C(=N\N=Cc2cc(Cl)ccc2OCc2cc(F)cc(F)c2)NC1=O. The van der Waals surface area contributed by atoms with E-state index >= 15 is 0 Å². The van der Waals surface area contributed by atoms with Gasteiger partial charge in [0.15, 0.2) is 5.17 Å². The molecule has 1 aliphatic heterocycles. The lowest BCUT2D eigenvalue weighted by Gasteiger charge is -2.09. The molecule has 7 nitrogen and oxygen atoms in total. The molecule has 0 aliphatic carbocycles. The van der Waals surface area contributed by atoms with E-state index in [4.69, 9.17) is 16.3 Å². The molecule has 0 radical (unpaired) electrons. The predicted molar refractivity (Wildman–Crippen MR) is 113 cm³/mol. The van der Waals surface area contributed by atoms with Crippen LogP contribution >= 0.6 is 23.4 Å². The Balaban J connectivity index is 1.73. The van der Waals surface area contributed by atoms with E-state index in [9.17, 15) is 18.4 Å². The van der Waals surface area contributed by atoms with E-state index < -0.39 is 23.5 Å². The van der Waals surface area contributed by atoms with E-state index in [2.05, 4.69) is 20.3 Å². The molecule has 0 unspecified atom stereocenters. The Labute approximate surface area is 184 Å². The van der Waals surface area contributed by atoms with Crippen molar-refractivity contribution in [2.75, 3.05) is 7.11 Å². The van der Waals surface area contributed by atoms with Gasteiger partial charge in [0.1, 0.15) is 24.0 Å². The van der Waals surface area contributed by atoms with E-state index in [1.165, 1.54) is 13.3 Å². The van der Waals surface area contributed by atoms with Crippen LogP contribution in [0.15, 0.2) is 57.6 Å². The summed E-state index contributed by atoms with van der Waals surface area (Å²) in [7, 11) is 1.20. The van der Waals surface area contributed by atoms with Crippen molar-refractivity contribution >= 4 is 46.6 Å². The first-order chi connectivity index (χ1) is 14.8. The zero-order valence-electron chi connectivity index (χ0n) is 15.9. The third kappa shape index (κ3) is 6.37. The second-order valence-corrected chi connectivity index (χ2v) is 7.45. The van der Waals surface area contributed by atoms with Crippen LogP contribution in [0.1, 0.15) is 11.1 Å². The third-order valence-electron chi connectivity index (χ3n) is 3.73. The first-order valence-electron chi connectivity index (χ1n) is 8.61. The minimum atomic E-state index is -0.705. The number of halogens is 3. The Bertz CT molecular complexity index is 1100. The van der Waals surface area contributed by atoms with Gasteiger partial charge >= 0.3 is 5.97 Å². The predicted octanol–water partition coefficient (Wildman–Crippen LogP) is 3.81. The number of amidine groups is 1. The second kappa shape index (κ2) is 10.2. The van der Waals surface area contributed by atoms with Gasteiger partial charge in [-0.3, -0.25) is 10.1 Å². The molecule has 1 fully saturated rings.